The number of amides is 1. The number of ether oxygens (including phenoxy) is 3. The average molecular weight is 267 g/mol. The molecule has 1 N–H and O–H groups in total. The summed E-state index contributed by atoms with van der Waals surface area (Å²) in [6, 6.07) is 7.26. The lowest BCUT2D eigenvalue weighted by molar-refractivity contribution is 0.0520. The van der Waals surface area contributed by atoms with Crippen LogP contribution in [0.25, 0.3) is 0 Å². The molecule has 0 saturated heterocycles. The molecule has 0 bridgehead atoms. The van der Waals surface area contributed by atoms with Crippen LogP contribution in [-0.4, -0.2) is 32.0 Å². The van der Waals surface area contributed by atoms with E-state index in [1.165, 1.54) is 0 Å². The fourth-order valence-corrected chi connectivity index (χ4v) is 1.31. The molecule has 0 aromatic heterocycles. The molecule has 1 aromatic carbocycles. The average Bonchev–Trinajstić information content (AvgIpc) is 2.33. The molecule has 0 aliphatic rings. The van der Waals surface area contributed by atoms with Crippen molar-refractivity contribution in [2.45, 2.75) is 26.4 Å². The van der Waals surface area contributed by atoms with Crippen molar-refractivity contribution in [1.82, 2.24) is 5.32 Å². The van der Waals surface area contributed by atoms with E-state index in [2.05, 4.69) is 5.32 Å². The third-order valence-corrected chi connectivity index (χ3v) is 2.10. The van der Waals surface area contributed by atoms with Crippen molar-refractivity contribution in [3.63, 3.8) is 0 Å². The number of carbonyl (C=O) groups is 1. The molecule has 0 radical (unpaired) electrons. The Labute approximate surface area is 113 Å². The van der Waals surface area contributed by atoms with Crippen LogP contribution < -0.4 is 14.8 Å². The first kappa shape index (κ1) is 15.1. The molecule has 1 amide bonds. The van der Waals surface area contributed by atoms with Crippen LogP contribution >= 0.6 is 0 Å². The van der Waals surface area contributed by atoms with E-state index in [1.54, 1.807) is 7.11 Å². The second-order valence-corrected chi connectivity index (χ2v) is 4.95. The van der Waals surface area contributed by atoms with E-state index in [1.807, 2.05) is 45.0 Å². The number of carbonyl (C=O) groups excluding carboxylic acids is 1. The summed E-state index contributed by atoms with van der Waals surface area (Å²) in [5.41, 5.74) is -0.485. The summed E-state index contributed by atoms with van der Waals surface area (Å²) in [5.74, 6) is 1.51. The highest BCUT2D eigenvalue weighted by atomic mass is 16.6. The largest absolute Gasteiger partial charge is 0.497 e. The van der Waals surface area contributed by atoms with E-state index in [0.717, 1.165) is 11.5 Å². The van der Waals surface area contributed by atoms with Gasteiger partial charge in [-0.3, -0.25) is 0 Å². The molecule has 1 aromatic rings. The standard InChI is InChI=1S/C14H21NO4/c1-14(2,3)19-13(16)15-9-10-18-12-7-5-11(17-4)6-8-12/h5-8H,9-10H2,1-4H3,(H,15,16). The SMILES string of the molecule is COc1ccc(OCCNC(=O)OC(C)(C)C)cc1. The molecule has 0 unspecified atom stereocenters. The third kappa shape index (κ3) is 6.55. The summed E-state index contributed by atoms with van der Waals surface area (Å²) >= 11 is 0. The highest BCUT2D eigenvalue weighted by molar-refractivity contribution is 5.67. The van der Waals surface area contributed by atoms with Gasteiger partial charge in [-0.25, -0.2) is 4.79 Å². The first-order valence-electron chi connectivity index (χ1n) is 6.14. The molecule has 0 heterocycles. The fourth-order valence-electron chi connectivity index (χ4n) is 1.31. The van der Waals surface area contributed by atoms with E-state index in [9.17, 15) is 4.79 Å². The van der Waals surface area contributed by atoms with E-state index >= 15 is 0 Å². The summed E-state index contributed by atoms with van der Waals surface area (Å²) in [5, 5.41) is 2.62. The molecule has 0 aliphatic carbocycles. The maximum atomic E-state index is 11.3. The second kappa shape index (κ2) is 6.87. The Bertz CT molecular complexity index is 395. The van der Waals surface area contributed by atoms with Gasteiger partial charge in [0.15, 0.2) is 0 Å². The second-order valence-electron chi connectivity index (χ2n) is 4.95. The lowest BCUT2D eigenvalue weighted by Crippen LogP contribution is -2.34. The van der Waals surface area contributed by atoms with Crippen LogP contribution in [0.4, 0.5) is 4.79 Å². The summed E-state index contributed by atoms with van der Waals surface area (Å²) < 4.78 is 15.6. The van der Waals surface area contributed by atoms with Gasteiger partial charge >= 0.3 is 6.09 Å². The summed E-state index contributed by atoms with van der Waals surface area (Å²) in [7, 11) is 1.61. The van der Waals surface area contributed by atoms with Crippen molar-refractivity contribution in [2.24, 2.45) is 0 Å². The highest BCUT2D eigenvalue weighted by Crippen LogP contribution is 2.16. The van der Waals surface area contributed by atoms with Gasteiger partial charge in [-0.1, -0.05) is 0 Å². The number of benzene rings is 1. The Morgan fingerprint density at radius 3 is 2.26 bits per heavy atom. The minimum Gasteiger partial charge on any atom is -0.497 e. The number of nitrogens with one attached hydrogen (secondary N) is 1. The van der Waals surface area contributed by atoms with Gasteiger partial charge in [0.2, 0.25) is 0 Å². The Morgan fingerprint density at radius 2 is 1.74 bits per heavy atom. The van der Waals surface area contributed by atoms with Crippen LogP contribution in [0.15, 0.2) is 24.3 Å². The Balaban J connectivity index is 2.21. The monoisotopic (exact) mass is 267 g/mol. The van der Waals surface area contributed by atoms with E-state index in [0.29, 0.717) is 13.2 Å². The minimum absolute atomic E-state index is 0.381. The molecule has 0 atom stereocenters. The van der Waals surface area contributed by atoms with Crippen molar-refractivity contribution in [3.8, 4) is 11.5 Å². The van der Waals surface area contributed by atoms with E-state index < -0.39 is 11.7 Å². The van der Waals surface area contributed by atoms with Gasteiger partial charge in [0, 0.05) is 0 Å². The highest BCUT2D eigenvalue weighted by Gasteiger charge is 2.15. The predicted octanol–water partition coefficient (Wildman–Crippen LogP) is 2.60. The van der Waals surface area contributed by atoms with Gasteiger partial charge < -0.3 is 19.5 Å². The van der Waals surface area contributed by atoms with Gasteiger partial charge in [0.25, 0.3) is 0 Å². The zero-order chi connectivity index (χ0) is 14.3. The minimum atomic E-state index is -0.485. The fraction of sp³-hybridized carbons (Fsp3) is 0.500. The number of methoxy groups -OCH3 is 1. The van der Waals surface area contributed by atoms with Crippen molar-refractivity contribution in [3.05, 3.63) is 24.3 Å². The van der Waals surface area contributed by atoms with Crippen LogP contribution in [0, 0.1) is 0 Å². The van der Waals surface area contributed by atoms with Gasteiger partial charge in [-0.2, -0.15) is 0 Å². The smallest absolute Gasteiger partial charge is 0.407 e. The molecular weight excluding hydrogens is 246 g/mol. The zero-order valence-corrected chi connectivity index (χ0v) is 11.9. The predicted molar refractivity (Wildman–Crippen MR) is 72.7 cm³/mol. The van der Waals surface area contributed by atoms with Gasteiger partial charge in [0.1, 0.15) is 23.7 Å². The Hall–Kier alpha value is -1.91. The number of rotatable bonds is 5. The van der Waals surface area contributed by atoms with Crippen molar-refractivity contribution >= 4 is 6.09 Å². The summed E-state index contributed by atoms with van der Waals surface area (Å²) in [6.45, 7) is 6.23. The molecule has 19 heavy (non-hydrogen) atoms. The number of alkyl carbamates (subject to hydrolysis) is 1. The van der Waals surface area contributed by atoms with Gasteiger partial charge in [-0.05, 0) is 45.0 Å². The molecule has 0 spiro atoms. The van der Waals surface area contributed by atoms with Crippen LogP contribution in [0.3, 0.4) is 0 Å². The summed E-state index contributed by atoms with van der Waals surface area (Å²) in [6.07, 6.45) is -0.439. The molecule has 5 heteroatoms. The Kier molecular flexibility index (Phi) is 5.48. The van der Waals surface area contributed by atoms with E-state index in [-0.39, 0.29) is 0 Å². The maximum absolute atomic E-state index is 11.3. The van der Waals surface area contributed by atoms with Crippen LogP contribution in [0.5, 0.6) is 11.5 Å². The van der Waals surface area contributed by atoms with Crippen LogP contribution in [0.2, 0.25) is 0 Å². The summed E-state index contributed by atoms with van der Waals surface area (Å²) in [4.78, 5) is 11.3. The first-order chi connectivity index (χ1) is 8.90. The number of hydrogen-bond donors (Lipinski definition) is 1. The van der Waals surface area contributed by atoms with Crippen molar-refractivity contribution in [2.75, 3.05) is 20.3 Å². The first-order valence-corrected chi connectivity index (χ1v) is 6.14. The molecule has 0 fully saturated rings. The van der Waals surface area contributed by atoms with Crippen molar-refractivity contribution in [1.29, 1.82) is 0 Å². The van der Waals surface area contributed by atoms with Crippen LogP contribution in [0.1, 0.15) is 20.8 Å². The molecule has 5 nitrogen and oxygen atoms in total. The van der Waals surface area contributed by atoms with E-state index in [4.69, 9.17) is 14.2 Å². The lowest BCUT2D eigenvalue weighted by Gasteiger charge is -2.19. The van der Waals surface area contributed by atoms with Gasteiger partial charge in [-0.15, -0.1) is 0 Å². The third-order valence-electron chi connectivity index (χ3n) is 2.10. The van der Waals surface area contributed by atoms with Gasteiger partial charge in [0.05, 0.1) is 13.7 Å². The molecular formula is C14H21NO4. The van der Waals surface area contributed by atoms with Crippen LogP contribution in [-0.2, 0) is 4.74 Å². The molecule has 1 rings (SSSR count). The quantitative estimate of drug-likeness (QED) is 0.833. The normalized spacial score (nSPS) is 10.7. The maximum Gasteiger partial charge on any atom is 0.407 e. The Morgan fingerprint density at radius 1 is 1.16 bits per heavy atom. The molecule has 0 saturated carbocycles. The lowest BCUT2D eigenvalue weighted by atomic mass is 10.2. The van der Waals surface area contributed by atoms with Crippen molar-refractivity contribution < 1.29 is 19.0 Å². The molecule has 0 aliphatic heterocycles. The molecule has 106 valence electrons. The zero-order valence-electron chi connectivity index (χ0n) is 11.9. The topological polar surface area (TPSA) is 56.8 Å². The number of hydrogen-bond acceptors (Lipinski definition) is 4.